The van der Waals surface area contributed by atoms with E-state index in [2.05, 4.69) is 4.90 Å². The fourth-order valence-electron chi connectivity index (χ4n) is 4.48. The molecule has 0 aromatic heterocycles. The number of aliphatic hydroxyl groups is 1. The van der Waals surface area contributed by atoms with Crippen molar-refractivity contribution in [2.45, 2.75) is 19.9 Å². The molecular weight excluding hydrogens is 448 g/mol. The largest absolute Gasteiger partial charge is 0.507 e. The third kappa shape index (κ3) is 5.49. The Bertz CT molecular complexity index is 1060. The van der Waals surface area contributed by atoms with Crippen molar-refractivity contribution in [3.8, 4) is 11.5 Å². The number of hydrogen-bond donors (Lipinski definition) is 1. The van der Waals surface area contributed by atoms with Crippen LogP contribution in [0.3, 0.4) is 0 Å². The Kier molecular flexibility index (Phi) is 8.05. The minimum Gasteiger partial charge on any atom is -0.507 e. The summed E-state index contributed by atoms with van der Waals surface area (Å²) in [4.78, 5) is 30.1. The first-order valence-electron chi connectivity index (χ1n) is 12.1. The summed E-state index contributed by atoms with van der Waals surface area (Å²) in [6.45, 7) is 8.71. The lowest BCUT2D eigenvalue weighted by molar-refractivity contribution is -0.140. The third-order valence-electron chi connectivity index (χ3n) is 6.25. The number of morpholine rings is 1. The van der Waals surface area contributed by atoms with Crippen LogP contribution in [-0.2, 0) is 14.3 Å². The van der Waals surface area contributed by atoms with Crippen molar-refractivity contribution in [1.82, 2.24) is 9.80 Å². The van der Waals surface area contributed by atoms with Crippen LogP contribution in [0, 0.1) is 0 Å². The number of amides is 1. The molecule has 1 atom stereocenters. The molecule has 2 aromatic carbocycles. The van der Waals surface area contributed by atoms with Gasteiger partial charge in [0.15, 0.2) is 0 Å². The lowest BCUT2D eigenvalue weighted by Crippen LogP contribution is -2.42. The molecule has 2 aromatic rings. The standard InChI is InChI=1S/C27H32N2O6/c1-3-34-21-9-5-19(6-10-21)24-23(25(30)20-7-11-22(12-8-20)35-4-2)26(31)27(32)29(24)14-13-28-15-17-33-18-16-28/h5-12,24,30H,3-4,13-18H2,1-2H3/b25-23-. The number of ether oxygens (including phenoxy) is 3. The summed E-state index contributed by atoms with van der Waals surface area (Å²) in [7, 11) is 0. The molecule has 2 saturated heterocycles. The van der Waals surface area contributed by atoms with E-state index in [1.807, 2.05) is 38.1 Å². The van der Waals surface area contributed by atoms with Crippen LogP contribution in [0.4, 0.5) is 0 Å². The SMILES string of the molecule is CCOc1ccc(/C(O)=C2/C(=O)C(=O)N(CCN3CCOCC3)C2c2ccc(OCC)cc2)cc1. The lowest BCUT2D eigenvalue weighted by atomic mass is 9.95. The maximum Gasteiger partial charge on any atom is 0.295 e. The molecule has 35 heavy (non-hydrogen) atoms. The molecule has 2 fully saturated rings. The Hall–Kier alpha value is -3.36. The molecule has 8 nitrogen and oxygen atoms in total. The van der Waals surface area contributed by atoms with Crippen molar-refractivity contribution < 1.29 is 28.9 Å². The van der Waals surface area contributed by atoms with Crippen LogP contribution < -0.4 is 9.47 Å². The zero-order chi connectivity index (χ0) is 24.8. The number of rotatable bonds is 9. The van der Waals surface area contributed by atoms with Gasteiger partial charge in [0, 0.05) is 31.7 Å². The molecule has 4 rings (SSSR count). The molecule has 0 aliphatic carbocycles. The van der Waals surface area contributed by atoms with Crippen LogP contribution in [-0.4, -0.2) is 79.2 Å². The van der Waals surface area contributed by atoms with Gasteiger partial charge in [0.05, 0.1) is 38.0 Å². The van der Waals surface area contributed by atoms with Gasteiger partial charge in [-0.15, -0.1) is 0 Å². The van der Waals surface area contributed by atoms with E-state index in [0.29, 0.717) is 56.6 Å². The Morgan fingerprint density at radius 3 is 2.06 bits per heavy atom. The number of Topliss-reactive ketones (excluding diaryl/α,β-unsaturated/α-hetero) is 1. The molecule has 2 aliphatic heterocycles. The Balaban J connectivity index is 1.70. The number of likely N-dealkylation sites (tertiary alicyclic amines) is 1. The van der Waals surface area contributed by atoms with Crippen molar-refractivity contribution in [2.75, 3.05) is 52.6 Å². The van der Waals surface area contributed by atoms with Gasteiger partial charge in [0.2, 0.25) is 0 Å². The van der Waals surface area contributed by atoms with E-state index < -0.39 is 17.7 Å². The highest BCUT2D eigenvalue weighted by molar-refractivity contribution is 6.46. The van der Waals surface area contributed by atoms with Crippen LogP contribution in [0.5, 0.6) is 11.5 Å². The molecule has 0 saturated carbocycles. The molecule has 0 bridgehead atoms. The molecule has 2 aliphatic rings. The summed E-state index contributed by atoms with van der Waals surface area (Å²) in [6, 6.07) is 13.5. The van der Waals surface area contributed by atoms with Crippen LogP contribution in [0.25, 0.3) is 5.76 Å². The van der Waals surface area contributed by atoms with Gasteiger partial charge in [-0.3, -0.25) is 14.5 Å². The van der Waals surface area contributed by atoms with E-state index in [9.17, 15) is 14.7 Å². The fourth-order valence-corrected chi connectivity index (χ4v) is 4.48. The molecule has 186 valence electrons. The summed E-state index contributed by atoms with van der Waals surface area (Å²) in [5.41, 5.74) is 1.28. The van der Waals surface area contributed by atoms with E-state index >= 15 is 0 Å². The number of ketones is 1. The predicted octanol–water partition coefficient (Wildman–Crippen LogP) is 3.24. The third-order valence-corrected chi connectivity index (χ3v) is 6.25. The number of carbonyl (C=O) groups is 2. The average Bonchev–Trinajstić information content (AvgIpc) is 3.14. The van der Waals surface area contributed by atoms with Crippen molar-refractivity contribution in [3.63, 3.8) is 0 Å². The second-order valence-electron chi connectivity index (χ2n) is 8.41. The molecule has 1 unspecified atom stereocenters. The summed E-state index contributed by atoms with van der Waals surface area (Å²) >= 11 is 0. The van der Waals surface area contributed by atoms with Crippen molar-refractivity contribution in [2.24, 2.45) is 0 Å². The highest BCUT2D eigenvalue weighted by Gasteiger charge is 2.46. The Labute approximate surface area is 205 Å². The van der Waals surface area contributed by atoms with Gasteiger partial charge in [0.25, 0.3) is 11.7 Å². The van der Waals surface area contributed by atoms with Gasteiger partial charge >= 0.3 is 0 Å². The Morgan fingerprint density at radius 1 is 0.914 bits per heavy atom. The average molecular weight is 481 g/mol. The topological polar surface area (TPSA) is 88.5 Å². The molecular formula is C27H32N2O6. The maximum atomic E-state index is 13.2. The van der Waals surface area contributed by atoms with E-state index in [-0.39, 0.29) is 11.3 Å². The second kappa shape index (κ2) is 11.4. The maximum absolute atomic E-state index is 13.2. The smallest absolute Gasteiger partial charge is 0.295 e. The normalized spacial score (nSPS) is 20.3. The summed E-state index contributed by atoms with van der Waals surface area (Å²) in [5.74, 6) is -0.118. The lowest BCUT2D eigenvalue weighted by Gasteiger charge is -2.31. The fraction of sp³-hybridized carbons (Fsp3) is 0.407. The minimum atomic E-state index is -0.696. The molecule has 0 spiro atoms. The van der Waals surface area contributed by atoms with Crippen LogP contribution in [0.1, 0.15) is 31.0 Å². The van der Waals surface area contributed by atoms with Crippen LogP contribution in [0.15, 0.2) is 54.1 Å². The molecule has 2 heterocycles. The molecule has 1 amide bonds. The van der Waals surface area contributed by atoms with Crippen LogP contribution >= 0.6 is 0 Å². The van der Waals surface area contributed by atoms with E-state index in [0.717, 1.165) is 18.7 Å². The zero-order valence-corrected chi connectivity index (χ0v) is 20.2. The highest BCUT2D eigenvalue weighted by atomic mass is 16.5. The molecule has 8 heteroatoms. The first-order valence-corrected chi connectivity index (χ1v) is 12.1. The zero-order valence-electron chi connectivity index (χ0n) is 20.2. The highest BCUT2D eigenvalue weighted by Crippen LogP contribution is 2.40. The monoisotopic (exact) mass is 480 g/mol. The van der Waals surface area contributed by atoms with Gasteiger partial charge in [-0.2, -0.15) is 0 Å². The predicted molar refractivity (Wildman–Crippen MR) is 131 cm³/mol. The van der Waals surface area contributed by atoms with Gasteiger partial charge < -0.3 is 24.2 Å². The number of nitrogens with zero attached hydrogens (tertiary/aromatic N) is 2. The number of benzene rings is 2. The number of aliphatic hydroxyl groups excluding tert-OH is 1. The number of hydrogen-bond acceptors (Lipinski definition) is 7. The van der Waals surface area contributed by atoms with Gasteiger partial charge in [0.1, 0.15) is 17.3 Å². The first-order chi connectivity index (χ1) is 17.0. The van der Waals surface area contributed by atoms with E-state index in [4.69, 9.17) is 14.2 Å². The van der Waals surface area contributed by atoms with Gasteiger partial charge in [-0.1, -0.05) is 12.1 Å². The van der Waals surface area contributed by atoms with Crippen LogP contribution in [0.2, 0.25) is 0 Å². The van der Waals surface area contributed by atoms with Crippen molar-refractivity contribution in [1.29, 1.82) is 0 Å². The summed E-state index contributed by atoms with van der Waals surface area (Å²) < 4.78 is 16.4. The van der Waals surface area contributed by atoms with Crippen molar-refractivity contribution in [3.05, 3.63) is 65.2 Å². The first kappa shape index (κ1) is 24.8. The van der Waals surface area contributed by atoms with E-state index in [1.54, 1.807) is 29.2 Å². The minimum absolute atomic E-state index is 0.0882. The van der Waals surface area contributed by atoms with Crippen molar-refractivity contribution >= 4 is 17.4 Å². The molecule has 0 radical (unpaired) electrons. The number of carbonyl (C=O) groups excluding carboxylic acids is 2. The second-order valence-corrected chi connectivity index (χ2v) is 8.41. The quantitative estimate of drug-likeness (QED) is 0.335. The van der Waals surface area contributed by atoms with E-state index in [1.165, 1.54) is 0 Å². The van der Waals surface area contributed by atoms with Gasteiger partial charge in [-0.25, -0.2) is 0 Å². The van der Waals surface area contributed by atoms with Gasteiger partial charge in [-0.05, 0) is 55.8 Å². The Morgan fingerprint density at radius 2 is 1.49 bits per heavy atom. The summed E-state index contributed by atoms with van der Waals surface area (Å²) in [5, 5.41) is 11.2. The molecule has 1 N–H and O–H groups in total. The summed E-state index contributed by atoms with van der Waals surface area (Å²) in [6.07, 6.45) is 0.